The van der Waals surface area contributed by atoms with Crippen molar-refractivity contribution in [1.82, 2.24) is 29.3 Å². The molecule has 0 bridgehead atoms. The van der Waals surface area contributed by atoms with Crippen molar-refractivity contribution in [3.63, 3.8) is 0 Å². The highest BCUT2D eigenvalue weighted by molar-refractivity contribution is 6.09. The maximum atomic E-state index is 5.19. The first-order valence-corrected chi connectivity index (χ1v) is 14.9. The highest BCUT2D eigenvalue weighted by Gasteiger charge is 2.18. The minimum absolute atomic E-state index is 0.614. The van der Waals surface area contributed by atoms with Gasteiger partial charge in [0, 0.05) is 33.8 Å². The number of nitrogens with zero attached hydrogens (tertiary/aromatic N) is 6. The van der Waals surface area contributed by atoms with Gasteiger partial charge in [0.05, 0.1) is 16.7 Å². The first-order chi connectivity index (χ1) is 21.7. The van der Waals surface area contributed by atoms with Crippen LogP contribution in [0.25, 0.3) is 73.0 Å². The fourth-order valence-electron chi connectivity index (χ4n) is 5.54. The van der Waals surface area contributed by atoms with Gasteiger partial charge in [0.25, 0.3) is 0 Å². The van der Waals surface area contributed by atoms with Crippen molar-refractivity contribution in [3.8, 4) is 45.4 Å². The van der Waals surface area contributed by atoms with Crippen LogP contribution in [0.15, 0.2) is 128 Å². The van der Waals surface area contributed by atoms with Gasteiger partial charge in [-0.1, -0.05) is 98.8 Å². The Morgan fingerprint density at radius 3 is 1.75 bits per heavy atom. The lowest BCUT2D eigenvalue weighted by atomic mass is 10.0. The monoisotopic (exact) mass is 570 g/mol. The molecule has 8 rings (SSSR count). The van der Waals surface area contributed by atoms with Crippen molar-refractivity contribution in [3.05, 3.63) is 133 Å². The Morgan fingerprint density at radius 1 is 0.500 bits per heavy atom. The summed E-state index contributed by atoms with van der Waals surface area (Å²) in [5.41, 5.74) is 9.42. The summed E-state index contributed by atoms with van der Waals surface area (Å²) in [7, 11) is 0. The Balaban J connectivity index is 0.00000153. The molecule has 8 aromatic rings. The van der Waals surface area contributed by atoms with E-state index in [2.05, 4.69) is 35.6 Å². The molecular formula is C38H30N6. The third-order valence-electron chi connectivity index (χ3n) is 7.45. The first kappa shape index (κ1) is 27.1. The van der Waals surface area contributed by atoms with E-state index < -0.39 is 0 Å². The SMILES string of the molecule is CC.Cc1cc(-c2nc(-c3ccccc3)nc(-c3ccccc3)n2)cc(-c2nc3ccccc3c3nc4ccccn4c23)c1. The number of hydrogen-bond donors (Lipinski definition) is 0. The van der Waals surface area contributed by atoms with E-state index in [4.69, 9.17) is 24.9 Å². The van der Waals surface area contributed by atoms with Gasteiger partial charge in [-0.3, -0.25) is 4.40 Å². The molecule has 0 aliphatic rings. The van der Waals surface area contributed by atoms with Gasteiger partial charge >= 0.3 is 0 Å². The summed E-state index contributed by atoms with van der Waals surface area (Å²) >= 11 is 0. The van der Waals surface area contributed by atoms with Gasteiger partial charge in [-0.25, -0.2) is 24.9 Å². The summed E-state index contributed by atoms with van der Waals surface area (Å²) in [6.45, 7) is 6.09. The molecule has 0 atom stereocenters. The van der Waals surface area contributed by atoms with Gasteiger partial charge in [0.1, 0.15) is 11.2 Å². The summed E-state index contributed by atoms with van der Waals surface area (Å²) in [6, 6.07) is 40.7. The number of hydrogen-bond acceptors (Lipinski definition) is 5. The van der Waals surface area contributed by atoms with Gasteiger partial charge in [-0.15, -0.1) is 0 Å². The number of para-hydroxylation sites is 1. The lowest BCUT2D eigenvalue weighted by Gasteiger charge is -2.12. The molecule has 0 amide bonds. The molecule has 6 nitrogen and oxygen atoms in total. The molecule has 6 heteroatoms. The van der Waals surface area contributed by atoms with E-state index in [9.17, 15) is 0 Å². The van der Waals surface area contributed by atoms with Crippen LogP contribution in [0.3, 0.4) is 0 Å². The molecule has 4 aromatic heterocycles. The van der Waals surface area contributed by atoms with E-state index in [1.165, 1.54) is 0 Å². The van der Waals surface area contributed by atoms with Crippen LogP contribution in [0, 0.1) is 6.92 Å². The lowest BCUT2D eigenvalue weighted by molar-refractivity contribution is 1.07. The number of benzene rings is 4. The zero-order valence-corrected chi connectivity index (χ0v) is 24.8. The quantitative estimate of drug-likeness (QED) is 0.211. The van der Waals surface area contributed by atoms with Crippen LogP contribution < -0.4 is 0 Å². The van der Waals surface area contributed by atoms with Crippen molar-refractivity contribution in [2.24, 2.45) is 0 Å². The zero-order chi connectivity index (χ0) is 30.0. The summed E-state index contributed by atoms with van der Waals surface area (Å²) in [5, 5.41) is 1.03. The number of aromatic nitrogens is 6. The molecule has 0 radical (unpaired) electrons. The minimum Gasteiger partial charge on any atom is -0.298 e. The Bertz CT molecular complexity index is 2200. The number of aryl methyl sites for hydroxylation is 1. The predicted molar refractivity (Wildman–Crippen MR) is 179 cm³/mol. The van der Waals surface area contributed by atoms with E-state index >= 15 is 0 Å². The summed E-state index contributed by atoms with van der Waals surface area (Å²) < 4.78 is 2.12. The second-order valence-corrected chi connectivity index (χ2v) is 10.3. The Hall–Kier alpha value is -5.75. The molecule has 0 saturated carbocycles. The van der Waals surface area contributed by atoms with Crippen LogP contribution in [-0.2, 0) is 0 Å². The van der Waals surface area contributed by atoms with Crippen molar-refractivity contribution >= 4 is 27.6 Å². The predicted octanol–water partition coefficient (Wildman–Crippen LogP) is 9.22. The van der Waals surface area contributed by atoms with E-state index in [1.54, 1.807) is 0 Å². The maximum absolute atomic E-state index is 5.19. The van der Waals surface area contributed by atoms with E-state index in [-0.39, 0.29) is 0 Å². The van der Waals surface area contributed by atoms with E-state index in [0.29, 0.717) is 17.5 Å². The van der Waals surface area contributed by atoms with E-state index in [1.807, 2.05) is 117 Å². The van der Waals surface area contributed by atoms with E-state index in [0.717, 1.165) is 61.1 Å². The second-order valence-electron chi connectivity index (χ2n) is 10.3. The van der Waals surface area contributed by atoms with Crippen molar-refractivity contribution in [2.45, 2.75) is 20.8 Å². The average molecular weight is 571 g/mol. The van der Waals surface area contributed by atoms with Crippen LogP contribution in [0.5, 0.6) is 0 Å². The van der Waals surface area contributed by atoms with Gasteiger partial charge < -0.3 is 0 Å². The maximum Gasteiger partial charge on any atom is 0.164 e. The molecule has 0 saturated heterocycles. The number of imidazole rings is 1. The molecule has 0 unspecified atom stereocenters. The summed E-state index contributed by atoms with van der Waals surface area (Å²) in [4.78, 5) is 25.0. The average Bonchev–Trinajstić information content (AvgIpc) is 3.49. The Kier molecular flexibility index (Phi) is 7.08. The fourth-order valence-corrected chi connectivity index (χ4v) is 5.54. The molecule has 4 heterocycles. The van der Waals surface area contributed by atoms with Gasteiger partial charge in [0.2, 0.25) is 0 Å². The van der Waals surface area contributed by atoms with Crippen LogP contribution >= 0.6 is 0 Å². The molecule has 4 aromatic carbocycles. The van der Waals surface area contributed by atoms with Gasteiger partial charge in [-0.2, -0.15) is 0 Å². The summed E-state index contributed by atoms with van der Waals surface area (Å²) in [6.07, 6.45) is 2.05. The molecule has 0 aliphatic heterocycles. The van der Waals surface area contributed by atoms with Gasteiger partial charge in [-0.05, 0) is 48.9 Å². The smallest absolute Gasteiger partial charge is 0.164 e. The van der Waals surface area contributed by atoms with Crippen LogP contribution in [0.2, 0.25) is 0 Å². The highest BCUT2D eigenvalue weighted by atomic mass is 15.0. The number of fused-ring (bicyclic) bond motifs is 5. The molecule has 212 valence electrons. The third-order valence-corrected chi connectivity index (χ3v) is 7.45. The fraction of sp³-hybridized carbons (Fsp3) is 0.0789. The Morgan fingerprint density at radius 2 is 1.07 bits per heavy atom. The zero-order valence-electron chi connectivity index (χ0n) is 24.8. The normalized spacial score (nSPS) is 11.1. The molecular weight excluding hydrogens is 540 g/mol. The molecule has 0 fully saturated rings. The third kappa shape index (κ3) is 4.86. The lowest BCUT2D eigenvalue weighted by Crippen LogP contribution is -2.00. The molecule has 44 heavy (non-hydrogen) atoms. The van der Waals surface area contributed by atoms with Gasteiger partial charge in [0.15, 0.2) is 17.5 Å². The molecule has 0 N–H and O–H groups in total. The topological polar surface area (TPSA) is 68.9 Å². The van der Waals surface area contributed by atoms with Crippen molar-refractivity contribution < 1.29 is 0 Å². The van der Waals surface area contributed by atoms with Crippen LogP contribution in [-0.4, -0.2) is 29.3 Å². The first-order valence-electron chi connectivity index (χ1n) is 14.9. The van der Waals surface area contributed by atoms with Crippen molar-refractivity contribution in [1.29, 1.82) is 0 Å². The Labute approximate surface area is 255 Å². The number of rotatable bonds is 4. The van der Waals surface area contributed by atoms with Crippen LogP contribution in [0.4, 0.5) is 0 Å². The number of pyridine rings is 2. The molecule has 0 aliphatic carbocycles. The van der Waals surface area contributed by atoms with Crippen LogP contribution in [0.1, 0.15) is 19.4 Å². The van der Waals surface area contributed by atoms with Crippen molar-refractivity contribution in [2.75, 3.05) is 0 Å². The molecule has 0 spiro atoms. The second kappa shape index (κ2) is 11.5. The minimum atomic E-state index is 0.614. The standard InChI is InChI=1S/C36H24N6.C2H6/c1-23-20-26(31-33-32(28-16-8-9-17-29(28)37-31)38-30-18-10-11-19-42(30)33)22-27(21-23)36-40-34(24-12-4-2-5-13-24)39-35(41-36)25-14-6-3-7-15-25;1-2/h2-22H,1H3;1-2H3. The summed E-state index contributed by atoms with van der Waals surface area (Å²) in [5.74, 6) is 1.88. The largest absolute Gasteiger partial charge is 0.298 e. The highest BCUT2D eigenvalue weighted by Crippen LogP contribution is 2.35.